The van der Waals surface area contributed by atoms with Crippen LogP contribution in [-0.2, 0) is 14.3 Å². The number of allylic oxidation sites excluding steroid dienone is 3. The molecule has 3 nitrogen and oxygen atoms in total. The van der Waals surface area contributed by atoms with Crippen molar-refractivity contribution in [1.82, 2.24) is 0 Å². The van der Waals surface area contributed by atoms with Gasteiger partial charge < -0.3 is 0 Å². The zero-order valence-electron chi connectivity index (χ0n) is 10.3. The van der Waals surface area contributed by atoms with E-state index in [9.17, 15) is 4.79 Å². The molecule has 0 aromatic rings. The molecule has 2 rings (SSSR count). The van der Waals surface area contributed by atoms with Gasteiger partial charge in [-0.2, -0.15) is 0 Å². The Morgan fingerprint density at radius 3 is 3.11 bits per heavy atom. The number of carbonyl (C=O) groups excluding carboxylic acids is 1. The molecule has 0 aromatic heterocycles. The average Bonchev–Trinajstić information content (AvgIpc) is 2.83. The first-order valence-electron chi connectivity index (χ1n) is 5.77. The summed E-state index contributed by atoms with van der Waals surface area (Å²) in [6.07, 6.45) is 2.78. The number of carbonyl (C=O) groups is 1. The first-order valence-corrected chi connectivity index (χ1v) is 9.62. The Morgan fingerprint density at radius 2 is 2.44 bits per heavy atom. The van der Waals surface area contributed by atoms with E-state index >= 15 is 0 Å². The molecule has 0 spiro atoms. The minimum atomic E-state index is -0.0737. The third kappa shape index (κ3) is 2.98. The zero-order valence-corrected chi connectivity index (χ0v) is 14.6. The van der Waals surface area contributed by atoms with E-state index in [0.717, 1.165) is 27.8 Å². The van der Waals surface area contributed by atoms with Gasteiger partial charge in [0.2, 0.25) is 0 Å². The molecular formula is C13H15I2O3-. The molecule has 1 unspecified atom stereocenters. The van der Waals surface area contributed by atoms with Crippen molar-refractivity contribution in [2.24, 2.45) is 0 Å². The van der Waals surface area contributed by atoms with Gasteiger partial charge in [0.1, 0.15) is 0 Å². The van der Waals surface area contributed by atoms with Crippen molar-refractivity contribution in [1.29, 1.82) is 0 Å². The molecule has 0 N–H and O–H groups in total. The predicted octanol–water partition coefficient (Wildman–Crippen LogP) is -0.0822. The summed E-state index contributed by atoms with van der Waals surface area (Å²) in [5.74, 6) is 0.956. The summed E-state index contributed by atoms with van der Waals surface area (Å²) in [6, 6.07) is 0. The van der Waals surface area contributed by atoms with E-state index in [4.69, 9.17) is 9.47 Å². The summed E-state index contributed by atoms with van der Waals surface area (Å²) in [5.41, 5.74) is 1.64. The number of fused-ring (bicyclic) bond motifs is 1. The molecule has 1 aliphatic heterocycles. The molecule has 1 saturated heterocycles. The van der Waals surface area contributed by atoms with Crippen molar-refractivity contribution in [2.45, 2.75) is 26.4 Å². The topological polar surface area (TPSA) is 35.5 Å². The van der Waals surface area contributed by atoms with Crippen LogP contribution in [0.25, 0.3) is 0 Å². The fraction of sp³-hybridized carbons (Fsp3) is 0.462. The third-order valence-corrected chi connectivity index (χ3v) is 6.46. The van der Waals surface area contributed by atoms with E-state index in [1.165, 1.54) is 3.58 Å². The summed E-state index contributed by atoms with van der Waals surface area (Å²) in [6.45, 7) is 4.35. The molecule has 0 radical (unpaired) electrons. The van der Waals surface area contributed by atoms with Gasteiger partial charge in [0.25, 0.3) is 0 Å². The van der Waals surface area contributed by atoms with Crippen LogP contribution in [0.4, 0.5) is 0 Å². The van der Waals surface area contributed by atoms with Crippen LogP contribution in [0.5, 0.6) is 0 Å². The Balaban J connectivity index is 2.34. The fourth-order valence-electron chi connectivity index (χ4n) is 1.89. The number of halogens is 2. The second kappa shape index (κ2) is 6.51. The van der Waals surface area contributed by atoms with Crippen LogP contribution in [0.15, 0.2) is 30.6 Å². The van der Waals surface area contributed by atoms with Gasteiger partial charge in [-0.1, -0.05) is 0 Å². The van der Waals surface area contributed by atoms with Crippen LogP contribution in [-0.4, -0.2) is 23.1 Å². The van der Waals surface area contributed by atoms with Crippen LogP contribution < -0.4 is 21.2 Å². The quantitative estimate of drug-likeness (QED) is 0.326. The van der Waals surface area contributed by atoms with E-state index in [1.54, 1.807) is 0 Å². The van der Waals surface area contributed by atoms with E-state index in [2.05, 4.69) is 29.5 Å². The minimum absolute atomic E-state index is 0.0479. The molecule has 1 fully saturated rings. The molecule has 1 heterocycles. The summed E-state index contributed by atoms with van der Waals surface area (Å²) < 4.78 is 15.2. The van der Waals surface area contributed by atoms with E-state index in [0.29, 0.717) is 6.79 Å². The molecule has 0 saturated carbocycles. The van der Waals surface area contributed by atoms with Gasteiger partial charge in [0.15, 0.2) is 0 Å². The summed E-state index contributed by atoms with van der Waals surface area (Å²) in [5, 5.41) is 0. The van der Waals surface area contributed by atoms with Gasteiger partial charge in [-0.25, -0.2) is 0 Å². The third-order valence-electron chi connectivity index (χ3n) is 2.82. The second-order valence-electron chi connectivity index (χ2n) is 4.01. The molecule has 0 aromatic carbocycles. The SMILES string of the molecule is CC[I-]C1=C(C(=O)/C(C)=C\I)C=C2OCOC2C1. The van der Waals surface area contributed by atoms with Crippen LogP contribution in [0.1, 0.15) is 20.3 Å². The van der Waals surface area contributed by atoms with Crippen molar-refractivity contribution < 1.29 is 35.5 Å². The molecular weight excluding hydrogens is 458 g/mol. The molecule has 0 bridgehead atoms. The standard InChI is InChI=1S/C13H15I2O3/c1-3-15-10-5-12-11(17-7-18-12)4-9(10)13(16)8(2)6-14/h4,6,12H,3,5,7H2,1-2H3/q-1/b8-6-. The number of hydrogen-bond acceptors (Lipinski definition) is 3. The molecule has 18 heavy (non-hydrogen) atoms. The van der Waals surface area contributed by atoms with Crippen LogP contribution >= 0.6 is 22.6 Å². The average molecular weight is 473 g/mol. The van der Waals surface area contributed by atoms with Gasteiger partial charge in [-0.05, 0) is 0 Å². The van der Waals surface area contributed by atoms with E-state index in [1.807, 2.05) is 17.1 Å². The van der Waals surface area contributed by atoms with Crippen molar-refractivity contribution in [2.75, 3.05) is 11.2 Å². The normalized spacial score (nSPS) is 23.8. The van der Waals surface area contributed by atoms with Gasteiger partial charge in [-0.3, -0.25) is 0 Å². The summed E-state index contributed by atoms with van der Waals surface area (Å²) in [4.78, 5) is 12.3. The Hall–Kier alpha value is 0.110. The first kappa shape index (κ1) is 14.5. The molecule has 5 heteroatoms. The zero-order chi connectivity index (χ0) is 13.1. The van der Waals surface area contributed by atoms with Gasteiger partial charge in [0.05, 0.1) is 0 Å². The van der Waals surface area contributed by atoms with Crippen molar-refractivity contribution in [3.63, 3.8) is 0 Å². The van der Waals surface area contributed by atoms with Gasteiger partial charge in [-0.15, -0.1) is 0 Å². The molecule has 2 aliphatic rings. The number of alkyl halides is 1. The first-order chi connectivity index (χ1) is 8.67. The van der Waals surface area contributed by atoms with Gasteiger partial charge >= 0.3 is 132 Å². The molecule has 1 aliphatic carbocycles. The van der Waals surface area contributed by atoms with Crippen molar-refractivity contribution in [3.8, 4) is 0 Å². The fourth-order valence-corrected chi connectivity index (χ4v) is 4.61. The molecule has 1 atom stereocenters. The number of hydrogen-bond donors (Lipinski definition) is 0. The van der Waals surface area contributed by atoms with Crippen LogP contribution in [0.2, 0.25) is 0 Å². The monoisotopic (exact) mass is 473 g/mol. The van der Waals surface area contributed by atoms with E-state index < -0.39 is 0 Å². The predicted molar refractivity (Wildman–Crippen MR) is 73.9 cm³/mol. The maximum absolute atomic E-state index is 12.3. The molecule has 100 valence electrons. The molecule has 0 amide bonds. The number of rotatable bonds is 4. The summed E-state index contributed by atoms with van der Waals surface area (Å²) >= 11 is 2.04. The Labute approximate surface area is 131 Å². The Kier molecular flexibility index (Phi) is 5.25. The second-order valence-corrected chi connectivity index (χ2v) is 8.22. The van der Waals surface area contributed by atoms with Crippen molar-refractivity contribution in [3.05, 3.63) is 30.6 Å². The summed E-state index contributed by atoms with van der Waals surface area (Å²) in [7, 11) is 0. The Morgan fingerprint density at radius 1 is 1.67 bits per heavy atom. The van der Waals surface area contributed by atoms with Gasteiger partial charge in [0, 0.05) is 0 Å². The van der Waals surface area contributed by atoms with Crippen LogP contribution in [0.3, 0.4) is 0 Å². The van der Waals surface area contributed by atoms with E-state index in [-0.39, 0.29) is 33.1 Å². The van der Waals surface area contributed by atoms with Crippen molar-refractivity contribution >= 4 is 28.4 Å². The van der Waals surface area contributed by atoms with Crippen LogP contribution in [0, 0.1) is 0 Å². The number of ether oxygens (including phenoxy) is 2. The Bertz CT molecular complexity index is 449. The number of ketones is 1. The number of Topliss-reactive ketones (excluding diaryl/α,β-unsaturated/α-hetero) is 1. The maximum atomic E-state index is 12.3.